The zero-order valence-corrected chi connectivity index (χ0v) is 23.2. The van der Waals surface area contributed by atoms with Crippen LogP contribution in [0.25, 0.3) is 5.69 Å². The Balaban J connectivity index is 1.98. The molecule has 1 aromatic heterocycles. The van der Waals surface area contributed by atoms with Gasteiger partial charge in [-0.1, -0.05) is 57.5 Å². The van der Waals surface area contributed by atoms with Crippen molar-refractivity contribution in [1.29, 1.82) is 0 Å². The largest absolute Gasteiger partial charge is 0.352 e. The summed E-state index contributed by atoms with van der Waals surface area (Å²) >= 11 is 1.55. The van der Waals surface area contributed by atoms with Crippen LogP contribution in [-0.2, 0) is 15.0 Å². The van der Waals surface area contributed by atoms with E-state index in [0.29, 0.717) is 11.5 Å². The number of carbonyl (C=O) groups excluding carboxylic acids is 2. The Hall–Kier alpha value is -3.13. The topological polar surface area (TPSA) is 67.2 Å². The molecule has 6 nitrogen and oxygen atoms in total. The Morgan fingerprint density at radius 2 is 1.92 bits per heavy atom. The number of nitrogens with one attached hydrogen (secondary N) is 1. The lowest BCUT2D eigenvalue weighted by atomic mass is 9.87. The molecule has 2 atom stereocenters. The van der Waals surface area contributed by atoms with Gasteiger partial charge in [0.1, 0.15) is 18.2 Å². The van der Waals surface area contributed by atoms with Crippen molar-refractivity contribution < 1.29 is 14.0 Å². The molecule has 1 N–H and O–H groups in total. The van der Waals surface area contributed by atoms with E-state index < -0.39 is 0 Å². The Bertz CT molecular complexity index is 1300. The summed E-state index contributed by atoms with van der Waals surface area (Å²) in [7, 11) is 0. The molecular formula is C29H35FN4O2S. The van der Waals surface area contributed by atoms with Crippen molar-refractivity contribution in [2.24, 2.45) is 0 Å². The molecule has 196 valence electrons. The van der Waals surface area contributed by atoms with Crippen LogP contribution in [-0.4, -0.2) is 39.9 Å². The lowest BCUT2D eigenvalue weighted by molar-refractivity contribution is -0.123. The van der Waals surface area contributed by atoms with E-state index in [4.69, 9.17) is 5.10 Å². The van der Waals surface area contributed by atoms with Crippen LogP contribution in [0.15, 0.2) is 48.5 Å². The van der Waals surface area contributed by atoms with Crippen LogP contribution in [0.4, 0.5) is 10.2 Å². The number of anilines is 1. The van der Waals surface area contributed by atoms with E-state index >= 15 is 0 Å². The van der Waals surface area contributed by atoms with Crippen molar-refractivity contribution in [3.05, 3.63) is 76.7 Å². The maximum Gasteiger partial charge on any atom is 0.240 e. The number of halogens is 1. The maximum absolute atomic E-state index is 13.8. The number of hydrogen-bond acceptors (Lipinski definition) is 4. The predicted molar refractivity (Wildman–Crippen MR) is 148 cm³/mol. The predicted octanol–water partition coefficient (Wildman–Crippen LogP) is 5.70. The first-order chi connectivity index (χ1) is 17.5. The Labute approximate surface area is 222 Å². The molecule has 37 heavy (non-hydrogen) atoms. The van der Waals surface area contributed by atoms with E-state index in [0.717, 1.165) is 28.8 Å². The lowest BCUT2D eigenvalue weighted by Gasteiger charge is -2.25. The standard InChI is InChI=1S/C29H35FN4O2S/c1-7-19(3)31-23(35)16-33-24(36)17-37-26(20-10-8-9-18(2)15-20)25-27(29(4,5)6)32-34(28(25)33)22-13-11-21(30)12-14-22/h8-15,19,26H,7,16-17H2,1-6H3,(H,31,35)/t19-,26+/m0/s1. The average Bonchev–Trinajstić information content (AvgIpc) is 3.17. The summed E-state index contributed by atoms with van der Waals surface area (Å²) in [6.45, 7) is 12.2. The smallest absolute Gasteiger partial charge is 0.240 e. The highest BCUT2D eigenvalue weighted by Crippen LogP contribution is 2.48. The molecule has 0 fully saturated rings. The molecule has 0 aliphatic carbocycles. The molecule has 3 aromatic rings. The number of aryl methyl sites for hydroxylation is 1. The molecule has 0 radical (unpaired) electrons. The van der Waals surface area contributed by atoms with E-state index in [1.807, 2.05) is 19.9 Å². The number of hydrogen-bond donors (Lipinski definition) is 1. The van der Waals surface area contributed by atoms with Crippen LogP contribution in [0.1, 0.15) is 68.7 Å². The summed E-state index contributed by atoms with van der Waals surface area (Å²) in [6.07, 6.45) is 0.790. The summed E-state index contributed by atoms with van der Waals surface area (Å²) < 4.78 is 15.5. The normalized spacial score (nSPS) is 16.8. The van der Waals surface area contributed by atoms with Gasteiger partial charge in [0.05, 0.1) is 22.4 Å². The first kappa shape index (κ1) is 26.9. The Morgan fingerprint density at radius 3 is 2.54 bits per heavy atom. The average molecular weight is 523 g/mol. The number of rotatable bonds is 6. The van der Waals surface area contributed by atoms with Gasteiger partial charge in [-0.3, -0.25) is 14.5 Å². The summed E-state index contributed by atoms with van der Waals surface area (Å²) in [6, 6.07) is 14.3. The zero-order valence-electron chi connectivity index (χ0n) is 22.3. The number of nitrogens with zero attached hydrogens (tertiary/aromatic N) is 3. The van der Waals surface area contributed by atoms with Gasteiger partial charge in [0.25, 0.3) is 0 Å². The first-order valence-corrected chi connectivity index (χ1v) is 13.7. The van der Waals surface area contributed by atoms with Gasteiger partial charge in [0.2, 0.25) is 11.8 Å². The van der Waals surface area contributed by atoms with E-state index in [9.17, 15) is 14.0 Å². The van der Waals surface area contributed by atoms with Crippen LogP contribution >= 0.6 is 11.8 Å². The van der Waals surface area contributed by atoms with Crippen LogP contribution in [0.5, 0.6) is 0 Å². The second-order valence-corrected chi connectivity index (χ2v) is 11.8. The Kier molecular flexibility index (Phi) is 7.78. The Morgan fingerprint density at radius 1 is 1.22 bits per heavy atom. The van der Waals surface area contributed by atoms with Gasteiger partial charge in [-0.15, -0.1) is 11.8 Å². The van der Waals surface area contributed by atoms with Crippen molar-refractivity contribution in [3.8, 4) is 5.69 Å². The third-order valence-electron chi connectivity index (χ3n) is 6.54. The van der Waals surface area contributed by atoms with E-state index in [1.165, 1.54) is 12.1 Å². The molecule has 2 amide bonds. The van der Waals surface area contributed by atoms with Gasteiger partial charge in [-0.25, -0.2) is 9.07 Å². The monoisotopic (exact) mass is 522 g/mol. The summed E-state index contributed by atoms with van der Waals surface area (Å²) in [4.78, 5) is 28.2. The van der Waals surface area contributed by atoms with Crippen LogP contribution in [0, 0.1) is 12.7 Å². The van der Waals surface area contributed by atoms with Crippen molar-refractivity contribution in [1.82, 2.24) is 15.1 Å². The van der Waals surface area contributed by atoms with E-state index in [-0.39, 0.29) is 46.6 Å². The lowest BCUT2D eigenvalue weighted by Crippen LogP contribution is -2.44. The minimum absolute atomic E-state index is 0.00406. The van der Waals surface area contributed by atoms with Crippen molar-refractivity contribution in [3.63, 3.8) is 0 Å². The molecule has 0 spiro atoms. The number of aromatic nitrogens is 2. The third kappa shape index (κ3) is 5.74. The quantitative estimate of drug-likeness (QED) is 0.451. The highest BCUT2D eigenvalue weighted by atomic mass is 32.2. The number of thioether (sulfide) groups is 1. The molecule has 0 bridgehead atoms. The molecule has 4 rings (SSSR count). The fourth-order valence-electron chi connectivity index (χ4n) is 4.50. The van der Waals surface area contributed by atoms with Gasteiger partial charge in [0, 0.05) is 17.0 Å². The maximum atomic E-state index is 13.8. The third-order valence-corrected chi connectivity index (χ3v) is 7.79. The van der Waals surface area contributed by atoms with Crippen molar-refractivity contribution >= 4 is 29.4 Å². The number of carbonyl (C=O) groups is 2. The van der Waals surface area contributed by atoms with Crippen molar-refractivity contribution in [2.45, 2.75) is 64.7 Å². The van der Waals surface area contributed by atoms with Gasteiger partial charge in [-0.05, 0) is 50.1 Å². The number of fused-ring (bicyclic) bond motifs is 1. The fourth-order valence-corrected chi connectivity index (χ4v) is 5.69. The molecule has 0 saturated carbocycles. The van der Waals surface area contributed by atoms with Crippen LogP contribution in [0.2, 0.25) is 0 Å². The molecular weight excluding hydrogens is 487 g/mol. The fraction of sp³-hybridized carbons (Fsp3) is 0.414. The highest BCUT2D eigenvalue weighted by molar-refractivity contribution is 8.00. The van der Waals surface area contributed by atoms with E-state index in [2.05, 4.69) is 51.2 Å². The number of amides is 2. The molecule has 0 saturated heterocycles. The minimum Gasteiger partial charge on any atom is -0.352 e. The SMILES string of the molecule is CC[C@H](C)NC(=O)CN1C(=O)CS[C@H](c2cccc(C)c2)c2c(C(C)(C)C)nn(-c3ccc(F)cc3)c21. The molecule has 1 aliphatic heterocycles. The highest BCUT2D eigenvalue weighted by Gasteiger charge is 2.40. The molecule has 8 heteroatoms. The van der Waals surface area contributed by atoms with Gasteiger partial charge < -0.3 is 5.32 Å². The number of benzene rings is 2. The van der Waals surface area contributed by atoms with Crippen molar-refractivity contribution in [2.75, 3.05) is 17.2 Å². The first-order valence-electron chi connectivity index (χ1n) is 12.7. The van der Waals surface area contributed by atoms with Gasteiger partial charge in [0.15, 0.2) is 0 Å². The molecule has 0 unspecified atom stereocenters. The zero-order chi connectivity index (χ0) is 26.9. The second-order valence-electron chi connectivity index (χ2n) is 10.7. The molecule has 2 aromatic carbocycles. The van der Waals surface area contributed by atoms with Gasteiger partial charge in [-0.2, -0.15) is 5.10 Å². The minimum atomic E-state index is -0.355. The van der Waals surface area contributed by atoms with Crippen LogP contribution in [0.3, 0.4) is 0 Å². The van der Waals surface area contributed by atoms with Gasteiger partial charge >= 0.3 is 0 Å². The van der Waals surface area contributed by atoms with E-state index in [1.54, 1.807) is 33.5 Å². The van der Waals surface area contributed by atoms with Crippen LogP contribution < -0.4 is 10.2 Å². The second kappa shape index (κ2) is 10.7. The summed E-state index contributed by atoms with van der Waals surface area (Å²) in [5.41, 5.74) is 4.23. The molecule has 2 heterocycles. The molecule has 1 aliphatic rings. The summed E-state index contributed by atoms with van der Waals surface area (Å²) in [5.74, 6) is 0.0439. The summed E-state index contributed by atoms with van der Waals surface area (Å²) in [5, 5.41) is 7.85.